The highest BCUT2D eigenvalue weighted by atomic mass is 32.1. The molecule has 0 aliphatic carbocycles. The van der Waals surface area contributed by atoms with E-state index < -0.39 is 5.60 Å². The highest BCUT2D eigenvalue weighted by Crippen LogP contribution is 2.47. The Morgan fingerprint density at radius 1 is 1.53 bits per heavy atom. The summed E-state index contributed by atoms with van der Waals surface area (Å²) in [6.45, 7) is 4.86. The summed E-state index contributed by atoms with van der Waals surface area (Å²) in [4.78, 5) is 15.2. The predicted octanol–water partition coefficient (Wildman–Crippen LogP) is 2.60. The zero-order valence-electron chi connectivity index (χ0n) is 11.5. The van der Waals surface area contributed by atoms with Crippen LogP contribution in [0.25, 0.3) is 0 Å². The maximum atomic E-state index is 12.1. The quantitative estimate of drug-likeness (QED) is 0.836. The summed E-state index contributed by atoms with van der Waals surface area (Å²) in [5.74, 6) is 1.12. The maximum Gasteiger partial charge on any atom is 0.223 e. The Hall–Kier alpha value is -1.07. The summed E-state index contributed by atoms with van der Waals surface area (Å²) in [6, 6.07) is 1.97. The van der Waals surface area contributed by atoms with E-state index in [4.69, 9.17) is 9.47 Å². The summed E-state index contributed by atoms with van der Waals surface area (Å²) >= 11 is 1.64. The number of hydrogen-bond donors (Lipinski definition) is 0. The van der Waals surface area contributed by atoms with Gasteiger partial charge in [0.25, 0.3) is 0 Å². The molecule has 1 saturated heterocycles. The van der Waals surface area contributed by atoms with E-state index in [1.165, 1.54) is 0 Å². The van der Waals surface area contributed by atoms with Crippen molar-refractivity contribution in [1.29, 1.82) is 0 Å². The van der Waals surface area contributed by atoms with Crippen molar-refractivity contribution in [3.8, 4) is 5.75 Å². The number of hydrogen-bond acceptors (Lipinski definition) is 4. The van der Waals surface area contributed by atoms with Crippen molar-refractivity contribution >= 4 is 17.2 Å². The lowest BCUT2D eigenvalue weighted by Crippen LogP contribution is -2.54. The third-order valence-electron chi connectivity index (χ3n) is 3.97. The van der Waals surface area contributed by atoms with Crippen molar-refractivity contribution in [1.82, 2.24) is 4.90 Å². The molecule has 1 fully saturated rings. The van der Waals surface area contributed by atoms with Crippen LogP contribution in [0, 0.1) is 0 Å². The van der Waals surface area contributed by atoms with Crippen LogP contribution in [-0.4, -0.2) is 36.2 Å². The minimum Gasteiger partial charge on any atom is -0.484 e. The molecule has 0 bridgehead atoms. The van der Waals surface area contributed by atoms with Crippen molar-refractivity contribution in [2.45, 2.75) is 44.4 Å². The lowest BCUT2D eigenvalue weighted by Gasteiger charge is -2.45. The number of methoxy groups -OCH3 is 1. The van der Waals surface area contributed by atoms with E-state index in [0.717, 1.165) is 23.6 Å². The number of carbonyl (C=O) groups excluding carboxylic acids is 1. The van der Waals surface area contributed by atoms with Gasteiger partial charge in [0.15, 0.2) is 0 Å². The Morgan fingerprint density at radius 2 is 2.32 bits per heavy atom. The van der Waals surface area contributed by atoms with Gasteiger partial charge in [0.2, 0.25) is 5.91 Å². The molecule has 3 rings (SSSR count). The molecule has 5 heteroatoms. The summed E-state index contributed by atoms with van der Waals surface area (Å²) < 4.78 is 11.7. The average Bonchev–Trinajstić information content (AvgIpc) is 2.94. The first kappa shape index (κ1) is 12.9. The molecule has 1 aromatic rings. The lowest BCUT2D eigenvalue weighted by atomic mass is 9.89. The van der Waals surface area contributed by atoms with Gasteiger partial charge in [-0.15, -0.1) is 11.3 Å². The minimum absolute atomic E-state index is 0.0150. The number of likely N-dealkylation sites (tertiary alicyclic amines) is 1. The molecule has 1 amide bonds. The molecule has 1 aromatic heterocycles. The Labute approximate surface area is 117 Å². The number of amides is 1. The fraction of sp³-hybridized carbons (Fsp3) is 0.643. The van der Waals surface area contributed by atoms with Crippen LogP contribution < -0.4 is 4.74 Å². The number of fused-ring (bicyclic) bond motifs is 1. The third kappa shape index (κ3) is 1.96. The minimum atomic E-state index is -0.434. The van der Waals surface area contributed by atoms with Crippen molar-refractivity contribution in [3.05, 3.63) is 16.3 Å². The van der Waals surface area contributed by atoms with Gasteiger partial charge in [0, 0.05) is 20.1 Å². The Balaban J connectivity index is 2.06. The van der Waals surface area contributed by atoms with E-state index in [2.05, 4.69) is 0 Å². The van der Waals surface area contributed by atoms with Gasteiger partial charge >= 0.3 is 0 Å². The van der Waals surface area contributed by atoms with Gasteiger partial charge in [0.05, 0.1) is 10.9 Å². The average molecular weight is 281 g/mol. The van der Waals surface area contributed by atoms with Crippen LogP contribution in [0.2, 0.25) is 0 Å². The lowest BCUT2D eigenvalue weighted by molar-refractivity contribution is -0.142. The first-order valence-electron chi connectivity index (χ1n) is 6.63. The van der Waals surface area contributed by atoms with Gasteiger partial charge in [-0.3, -0.25) is 4.79 Å². The fourth-order valence-corrected chi connectivity index (χ4v) is 4.10. The molecule has 19 heavy (non-hydrogen) atoms. The highest BCUT2D eigenvalue weighted by molar-refractivity contribution is 7.10. The number of carbonyl (C=O) groups is 1. The largest absolute Gasteiger partial charge is 0.484 e. The van der Waals surface area contributed by atoms with Gasteiger partial charge < -0.3 is 14.4 Å². The molecule has 2 atom stereocenters. The fourth-order valence-electron chi connectivity index (χ4n) is 3.15. The molecule has 2 aliphatic heterocycles. The van der Waals surface area contributed by atoms with Crippen molar-refractivity contribution in [2.75, 3.05) is 13.7 Å². The topological polar surface area (TPSA) is 38.8 Å². The number of ether oxygens (including phenoxy) is 2. The molecule has 2 unspecified atom stereocenters. The number of rotatable bonds is 2. The van der Waals surface area contributed by atoms with Crippen LogP contribution in [0.3, 0.4) is 0 Å². The molecule has 104 valence electrons. The van der Waals surface area contributed by atoms with Gasteiger partial charge in [-0.1, -0.05) is 0 Å². The Bertz CT molecular complexity index is 497. The smallest absolute Gasteiger partial charge is 0.223 e. The molecule has 0 radical (unpaired) electrons. The first-order chi connectivity index (χ1) is 9.04. The van der Waals surface area contributed by atoms with E-state index >= 15 is 0 Å². The number of thiophene rings is 1. The van der Waals surface area contributed by atoms with E-state index in [9.17, 15) is 4.79 Å². The summed E-state index contributed by atoms with van der Waals surface area (Å²) in [7, 11) is 1.70. The van der Waals surface area contributed by atoms with Gasteiger partial charge in [-0.2, -0.15) is 0 Å². The SMILES string of the molecule is COC1C(N2CCCC2=O)c2sccc2OC1(C)C. The summed E-state index contributed by atoms with van der Waals surface area (Å²) in [5.41, 5.74) is -0.434. The van der Waals surface area contributed by atoms with Crippen LogP contribution in [0.15, 0.2) is 11.4 Å². The van der Waals surface area contributed by atoms with Crippen LogP contribution in [0.5, 0.6) is 5.75 Å². The van der Waals surface area contributed by atoms with Crippen molar-refractivity contribution < 1.29 is 14.3 Å². The van der Waals surface area contributed by atoms with E-state index in [1.54, 1.807) is 18.4 Å². The molecule has 0 saturated carbocycles. The first-order valence-corrected chi connectivity index (χ1v) is 7.51. The van der Waals surface area contributed by atoms with Crippen LogP contribution in [0.1, 0.15) is 37.6 Å². The standard InChI is InChI=1S/C14H19NO3S/c1-14(2)13(17-3)11(15-7-4-5-10(15)16)12-9(18-14)6-8-19-12/h6,8,11,13H,4-5,7H2,1-3H3. The normalized spacial score (nSPS) is 29.2. The summed E-state index contributed by atoms with van der Waals surface area (Å²) in [5, 5.41) is 2.02. The zero-order chi connectivity index (χ0) is 13.6. The molecule has 2 aliphatic rings. The monoisotopic (exact) mass is 281 g/mol. The molecule has 0 spiro atoms. The van der Waals surface area contributed by atoms with Crippen LogP contribution in [0.4, 0.5) is 0 Å². The van der Waals surface area contributed by atoms with E-state index in [-0.39, 0.29) is 18.1 Å². The highest BCUT2D eigenvalue weighted by Gasteiger charge is 2.49. The van der Waals surface area contributed by atoms with E-state index in [0.29, 0.717) is 6.42 Å². The Kier molecular flexibility index (Phi) is 3.06. The molecular weight excluding hydrogens is 262 g/mol. The third-order valence-corrected chi connectivity index (χ3v) is 4.94. The predicted molar refractivity (Wildman–Crippen MR) is 73.5 cm³/mol. The van der Waals surface area contributed by atoms with E-state index in [1.807, 2.05) is 30.2 Å². The zero-order valence-corrected chi connectivity index (χ0v) is 12.3. The molecule has 0 N–H and O–H groups in total. The maximum absolute atomic E-state index is 12.1. The molecule has 0 aromatic carbocycles. The van der Waals surface area contributed by atoms with Crippen LogP contribution >= 0.6 is 11.3 Å². The van der Waals surface area contributed by atoms with Crippen LogP contribution in [-0.2, 0) is 9.53 Å². The summed E-state index contributed by atoms with van der Waals surface area (Å²) in [6.07, 6.45) is 1.45. The number of nitrogens with zero attached hydrogens (tertiary/aromatic N) is 1. The van der Waals surface area contributed by atoms with Gasteiger partial charge in [-0.25, -0.2) is 0 Å². The molecule has 4 nitrogen and oxygen atoms in total. The second-order valence-corrected chi connectivity index (χ2v) is 6.59. The van der Waals surface area contributed by atoms with Gasteiger partial charge in [0.1, 0.15) is 17.5 Å². The molecular formula is C14H19NO3S. The van der Waals surface area contributed by atoms with Crippen molar-refractivity contribution in [3.63, 3.8) is 0 Å². The Morgan fingerprint density at radius 3 is 2.95 bits per heavy atom. The molecule has 3 heterocycles. The second-order valence-electron chi connectivity index (χ2n) is 5.65. The van der Waals surface area contributed by atoms with Crippen molar-refractivity contribution in [2.24, 2.45) is 0 Å². The van der Waals surface area contributed by atoms with Gasteiger partial charge in [-0.05, 0) is 31.7 Å². The second kappa shape index (κ2) is 4.49.